The lowest BCUT2D eigenvalue weighted by Gasteiger charge is -2.14. The van der Waals surface area contributed by atoms with Crippen molar-refractivity contribution in [2.24, 2.45) is 5.10 Å². The highest BCUT2D eigenvalue weighted by Crippen LogP contribution is 2.15. The number of carbonyl (C=O) groups excluding carboxylic acids is 1. The number of rotatable bonds is 6. The average Bonchev–Trinajstić information content (AvgIpc) is 2.60. The van der Waals surface area contributed by atoms with Gasteiger partial charge in [0.25, 0.3) is 5.91 Å². The van der Waals surface area contributed by atoms with Crippen LogP contribution in [0.4, 0.5) is 5.69 Å². The number of carbonyl (C=O) groups is 1. The van der Waals surface area contributed by atoms with Gasteiger partial charge >= 0.3 is 0 Å². The van der Waals surface area contributed by atoms with E-state index >= 15 is 0 Å². The molecule has 2 aromatic carbocycles. The molecule has 0 heterocycles. The van der Waals surface area contributed by atoms with E-state index in [4.69, 9.17) is 4.74 Å². The second-order valence-corrected chi connectivity index (χ2v) is 5.13. The lowest BCUT2D eigenvalue weighted by molar-refractivity contribution is -0.121. The number of ether oxygens (including phenoxy) is 1. The molecule has 1 atom stereocenters. The van der Waals surface area contributed by atoms with E-state index in [1.165, 1.54) is 0 Å². The molecule has 5 heteroatoms. The average molecular weight is 311 g/mol. The zero-order valence-corrected chi connectivity index (χ0v) is 13.5. The standard InChI is InChI=1S/C18H21N3O2/c1-13(15-7-5-4-6-8-15)20-21-18(22)14(2)19-16-9-11-17(23-3)12-10-16/h4-12,14,19H,1-3H3,(H,21,22). The van der Waals surface area contributed by atoms with Crippen molar-refractivity contribution in [2.45, 2.75) is 19.9 Å². The molecule has 0 aliphatic rings. The highest BCUT2D eigenvalue weighted by Gasteiger charge is 2.12. The van der Waals surface area contributed by atoms with Crippen molar-refractivity contribution in [3.8, 4) is 5.75 Å². The van der Waals surface area contributed by atoms with Gasteiger partial charge in [-0.2, -0.15) is 5.10 Å². The summed E-state index contributed by atoms with van der Waals surface area (Å²) in [7, 11) is 1.62. The molecule has 0 radical (unpaired) electrons. The van der Waals surface area contributed by atoms with E-state index in [0.717, 1.165) is 22.7 Å². The van der Waals surface area contributed by atoms with Gasteiger partial charge in [-0.05, 0) is 43.7 Å². The third-order valence-corrected chi connectivity index (χ3v) is 3.39. The van der Waals surface area contributed by atoms with E-state index in [2.05, 4.69) is 15.8 Å². The number of methoxy groups -OCH3 is 1. The molecule has 0 aromatic heterocycles. The molecule has 0 saturated carbocycles. The summed E-state index contributed by atoms with van der Waals surface area (Å²) < 4.78 is 5.10. The molecule has 0 aliphatic heterocycles. The zero-order chi connectivity index (χ0) is 16.7. The number of nitrogens with zero attached hydrogens (tertiary/aromatic N) is 1. The number of hydrogen-bond acceptors (Lipinski definition) is 4. The van der Waals surface area contributed by atoms with E-state index in [0.29, 0.717) is 0 Å². The van der Waals surface area contributed by atoms with Crippen LogP contribution in [0.15, 0.2) is 59.7 Å². The van der Waals surface area contributed by atoms with Crippen LogP contribution in [-0.4, -0.2) is 24.8 Å². The van der Waals surface area contributed by atoms with Gasteiger partial charge in [-0.1, -0.05) is 30.3 Å². The number of anilines is 1. The Labute approximate surface area is 136 Å². The number of benzene rings is 2. The third-order valence-electron chi connectivity index (χ3n) is 3.39. The monoisotopic (exact) mass is 311 g/mol. The van der Waals surface area contributed by atoms with Gasteiger partial charge in [-0.15, -0.1) is 0 Å². The zero-order valence-electron chi connectivity index (χ0n) is 13.5. The van der Waals surface area contributed by atoms with Gasteiger partial charge in [0.15, 0.2) is 0 Å². The van der Waals surface area contributed by atoms with Crippen molar-refractivity contribution in [3.05, 3.63) is 60.2 Å². The lowest BCUT2D eigenvalue weighted by Crippen LogP contribution is -2.35. The number of nitrogens with one attached hydrogen (secondary N) is 2. The Hall–Kier alpha value is -2.82. The first-order chi connectivity index (χ1) is 11.1. The SMILES string of the molecule is COc1ccc(NC(C)C(=O)NN=C(C)c2ccccc2)cc1. The minimum atomic E-state index is -0.407. The first-order valence-corrected chi connectivity index (χ1v) is 7.40. The number of hydrazone groups is 1. The maximum absolute atomic E-state index is 12.1. The van der Waals surface area contributed by atoms with Gasteiger partial charge in [0, 0.05) is 5.69 Å². The topological polar surface area (TPSA) is 62.7 Å². The van der Waals surface area contributed by atoms with Crippen LogP contribution < -0.4 is 15.5 Å². The molecule has 1 amide bonds. The Balaban J connectivity index is 1.91. The minimum Gasteiger partial charge on any atom is -0.497 e. The van der Waals surface area contributed by atoms with Crippen molar-refractivity contribution < 1.29 is 9.53 Å². The Morgan fingerprint density at radius 1 is 1.09 bits per heavy atom. The van der Waals surface area contributed by atoms with Gasteiger partial charge in [0.1, 0.15) is 11.8 Å². The van der Waals surface area contributed by atoms with Crippen LogP contribution in [0.25, 0.3) is 0 Å². The predicted molar refractivity (Wildman–Crippen MR) is 92.9 cm³/mol. The van der Waals surface area contributed by atoms with Crippen LogP contribution in [0.2, 0.25) is 0 Å². The molecule has 0 aliphatic carbocycles. The molecule has 1 unspecified atom stereocenters. The molecule has 120 valence electrons. The summed E-state index contributed by atoms with van der Waals surface area (Å²) in [6, 6.07) is 16.7. The molecular formula is C18H21N3O2. The summed E-state index contributed by atoms with van der Waals surface area (Å²) in [6.07, 6.45) is 0. The maximum atomic E-state index is 12.1. The van der Waals surface area contributed by atoms with E-state index < -0.39 is 6.04 Å². The molecule has 5 nitrogen and oxygen atoms in total. The molecular weight excluding hydrogens is 290 g/mol. The third kappa shape index (κ3) is 4.85. The van der Waals surface area contributed by atoms with Gasteiger partial charge in [0.05, 0.1) is 12.8 Å². The first-order valence-electron chi connectivity index (χ1n) is 7.40. The summed E-state index contributed by atoms with van der Waals surface area (Å²) in [5.41, 5.74) is 5.17. The molecule has 0 spiro atoms. The highest BCUT2D eigenvalue weighted by atomic mass is 16.5. The molecule has 2 rings (SSSR count). The second kappa shape index (κ2) is 7.98. The fraction of sp³-hybridized carbons (Fsp3) is 0.222. The summed E-state index contributed by atoms with van der Waals surface area (Å²) in [4.78, 5) is 12.1. The molecule has 2 N–H and O–H groups in total. The number of hydrogen-bond donors (Lipinski definition) is 2. The van der Waals surface area contributed by atoms with Gasteiger partial charge < -0.3 is 10.1 Å². The van der Waals surface area contributed by atoms with Gasteiger partial charge in [-0.25, -0.2) is 5.43 Å². The van der Waals surface area contributed by atoms with Crippen molar-refractivity contribution in [1.82, 2.24) is 5.43 Å². The quantitative estimate of drug-likeness (QED) is 0.637. The normalized spacial score (nSPS) is 12.4. The van der Waals surface area contributed by atoms with E-state index in [9.17, 15) is 4.79 Å². The Morgan fingerprint density at radius 2 is 1.74 bits per heavy atom. The van der Waals surface area contributed by atoms with Gasteiger partial charge in [-0.3, -0.25) is 4.79 Å². The summed E-state index contributed by atoms with van der Waals surface area (Å²) >= 11 is 0. The summed E-state index contributed by atoms with van der Waals surface area (Å²) in [5, 5.41) is 7.26. The molecule has 23 heavy (non-hydrogen) atoms. The van der Waals surface area contributed by atoms with Gasteiger partial charge in [0.2, 0.25) is 0 Å². The molecule has 0 fully saturated rings. The first kappa shape index (κ1) is 16.5. The van der Waals surface area contributed by atoms with Crippen LogP contribution in [0.3, 0.4) is 0 Å². The minimum absolute atomic E-state index is 0.198. The fourth-order valence-electron chi connectivity index (χ4n) is 1.98. The van der Waals surface area contributed by atoms with Crippen molar-refractivity contribution in [3.63, 3.8) is 0 Å². The van der Waals surface area contributed by atoms with Crippen LogP contribution in [-0.2, 0) is 4.79 Å². The summed E-state index contributed by atoms with van der Waals surface area (Å²) in [6.45, 7) is 3.64. The van der Waals surface area contributed by atoms with Crippen LogP contribution in [0.1, 0.15) is 19.4 Å². The molecule has 2 aromatic rings. The Bertz CT molecular complexity index is 666. The maximum Gasteiger partial charge on any atom is 0.262 e. The number of amides is 1. The molecule has 0 saturated heterocycles. The van der Waals surface area contributed by atoms with Crippen LogP contribution in [0.5, 0.6) is 5.75 Å². The van der Waals surface area contributed by atoms with Crippen molar-refractivity contribution in [1.29, 1.82) is 0 Å². The molecule has 0 bridgehead atoms. The van der Waals surface area contributed by atoms with Crippen LogP contribution >= 0.6 is 0 Å². The Morgan fingerprint density at radius 3 is 2.35 bits per heavy atom. The summed E-state index contributed by atoms with van der Waals surface area (Å²) in [5.74, 6) is 0.576. The highest BCUT2D eigenvalue weighted by molar-refractivity contribution is 5.99. The predicted octanol–water partition coefficient (Wildman–Crippen LogP) is 3.04. The van der Waals surface area contributed by atoms with E-state index in [1.807, 2.05) is 61.5 Å². The van der Waals surface area contributed by atoms with E-state index in [1.54, 1.807) is 14.0 Å². The lowest BCUT2D eigenvalue weighted by atomic mass is 10.1. The van der Waals surface area contributed by atoms with Crippen molar-refractivity contribution >= 4 is 17.3 Å². The van der Waals surface area contributed by atoms with Crippen molar-refractivity contribution in [2.75, 3.05) is 12.4 Å². The largest absolute Gasteiger partial charge is 0.497 e. The smallest absolute Gasteiger partial charge is 0.262 e. The fourth-order valence-corrected chi connectivity index (χ4v) is 1.98. The van der Waals surface area contributed by atoms with E-state index in [-0.39, 0.29) is 5.91 Å². The second-order valence-electron chi connectivity index (χ2n) is 5.13. The van der Waals surface area contributed by atoms with Crippen LogP contribution in [0, 0.1) is 0 Å². The Kier molecular flexibility index (Phi) is 5.74.